The van der Waals surface area contributed by atoms with Gasteiger partial charge in [0.1, 0.15) is 18.1 Å². The van der Waals surface area contributed by atoms with Crippen LogP contribution in [0.4, 0.5) is 0 Å². The summed E-state index contributed by atoms with van der Waals surface area (Å²) in [5, 5.41) is 32.4. The lowest BCUT2D eigenvalue weighted by Gasteiger charge is -2.14. The van der Waals surface area contributed by atoms with Crippen LogP contribution < -0.4 is 10.1 Å². The summed E-state index contributed by atoms with van der Waals surface area (Å²) in [5.74, 6) is 0.915. The van der Waals surface area contributed by atoms with Crippen LogP contribution in [0, 0.1) is 0 Å². The van der Waals surface area contributed by atoms with Gasteiger partial charge in [-0.3, -0.25) is 0 Å². The highest BCUT2D eigenvalue weighted by atomic mass is 16.5. The number of hydrogen-bond donors (Lipinski definition) is 4. The molecule has 0 fully saturated rings. The standard InChI is InChI=1S/C32H41NO5/c34-24-29-22-28(15-18-31(29)35)32(36)23-33-19-7-1-2-8-20-37-21-9-6-10-26-13-16-30(17-14-26)38-25-27-11-4-3-5-12-27/h3-6,10-18,22,32-36H,1-2,7-9,19-21,23-25H2. The Morgan fingerprint density at radius 2 is 1.66 bits per heavy atom. The van der Waals surface area contributed by atoms with Gasteiger partial charge in [0.15, 0.2) is 0 Å². The van der Waals surface area contributed by atoms with Crippen LogP contribution in [0.25, 0.3) is 6.08 Å². The quantitative estimate of drug-likeness (QED) is 0.160. The average molecular weight is 520 g/mol. The number of aromatic hydroxyl groups is 1. The van der Waals surface area contributed by atoms with Gasteiger partial charge >= 0.3 is 0 Å². The Morgan fingerprint density at radius 1 is 0.868 bits per heavy atom. The van der Waals surface area contributed by atoms with Crippen molar-refractivity contribution in [1.82, 2.24) is 5.32 Å². The molecule has 204 valence electrons. The van der Waals surface area contributed by atoms with Crippen molar-refractivity contribution < 1.29 is 24.8 Å². The van der Waals surface area contributed by atoms with E-state index in [0.717, 1.165) is 68.7 Å². The van der Waals surface area contributed by atoms with Gasteiger partial charge < -0.3 is 30.1 Å². The molecule has 0 spiro atoms. The van der Waals surface area contributed by atoms with Gasteiger partial charge in [0, 0.05) is 18.7 Å². The van der Waals surface area contributed by atoms with E-state index < -0.39 is 6.10 Å². The number of ether oxygens (including phenoxy) is 2. The molecule has 3 rings (SSSR count). The van der Waals surface area contributed by atoms with E-state index in [9.17, 15) is 15.3 Å². The fraction of sp³-hybridized carbons (Fsp3) is 0.375. The highest BCUT2D eigenvalue weighted by Crippen LogP contribution is 2.22. The number of rotatable bonds is 18. The number of unbranched alkanes of at least 4 members (excludes halogenated alkanes) is 3. The second-order valence-electron chi connectivity index (χ2n) is 9.33. The van der Waals surface area contributed by atoms with E-state index in [-0.39, 0.29) is 12.4 Å². The third kappa shape index (κ3) is 11.1. The third-order valence-corrected chi connectivity index (χ3v) is 6.26. The number of phenols is 1. The second kappa shape index (κ2) is 17.4. The van der Waals surface area contributed by atoms with Gasteiger partial charge in [-0.1, -0.05) is 73.5 Å². The lowest BCUT2D eigenvalue weighted by molar-refractivity contribution is 0.134. The van der Waals surface area contributed by atoms with E-state index in [0.29, 0.717) is 24.3 Å². The zero-order chi connectivity index (χ0) is 26.8. The maximum atomic E-state index is 10.3. The average Bonchev–Trinajstić information content (AvgIpc) is 2.95. The van der Waals surface area contributed by atoms with E-state index in [1.807, 2.05) is 30.3 Å². The number of nitrogens with one attached hydrogen (secondary N) is 1. The molecule has 0 amide bonds. The van der Waals surface area contributed by atoms with Crippen LogP contribution in [0.3, 0.4) is 0 Å². The zero-order valence-electron chi connectivity index (χ0n) is 22.1. The molecule has 6 heteroatoms. The van der Waals surface area contributed by atoms with Gasteiger partial charge in [0.05, 0.1) is 19.3 Å². The monoisotopic (exact) mass is 519 g/mol. The predicted molar refractivity (Wildman–Crippen MR) is 152 cm³/mol. The van der Waals surface area contributed by atoms with Crippen molar-refractivity contribution in [3.05, 3.63) is 101 Å². The minimum atomic E-state index is -0.665. The Bertz CT molecular complexity index is 1070. The molecule has 1 atom stereocenters. The molecule has 0 saturated carbocycles. The fourth-order valence-electron chi connectivity index (χ4n) is 3.99. The van der Waals surface area contributed by atoms with Crippen molar-refractivity contribution in [2.24, 2.45) is 0 Å². The molecule has 0 radical (unpaired) electrons. The number of benzene rings is 3. The van der Waals surface area contributed by atoms with E-state index >= 15 is 0 Å². The Labute approximate surface area is 226 Å². The van der Waals surface area contributed by atoms with Crippen LogP contribution in [0.2, 0.25) is 0 Å². The fourth-order valence-corrected chi connectivity index (χ4v) is 3.99. The van der Waals surface area contributed by atoms with Gasteiger partial charge in [-0.25, -0.2) is 0 Å². The Kier molecular flexibility index (Phi) is 13.4. The topological polar surface area (TPSA) is 91.2 Å². The van der Waals surface area contributed by atoms with Gasteiger partial charge in [-0.15, -0.1) is 0 Å². The van der Waals surface area contributed by atoms with Crippen molar-refractivity contribution in [1.29, 1.82) is 0 Å². The minimum absolute atomic E-state index is 0.0452. The molecule has 1 unspecified atom stereocenters. The Morgan fingerprint density at radius 3 is 2.45 bits per heavy atom. The number of aliphatic hydroxyl groups is 2. The lowest BCUT2D eigenvalue weighted by atomic mass is 10.1. The first-order valence-electron chi connectivity index (χ1n) is 13.5. The van der Waals surface area contributed by atoms with E-state index in [1.165, 1.54) is 6.07 Å². The van der Waals surface area contributed by atoms with E-state index in [1.54, 1.807) is 12.1 Å². The summed E-state index contributed by atoms with van der Waals surface area (Å²) in [4.78, 5) is 0. The van der Waals surface area contributed by atoms with Gasteiger partial charge in [-0.2, -0.15) is 0 Å². The molecule has 0 bridgehead atoms. The highest BCUT2D eigenvalue weighted by molar-refractivity contribution is 5.50. The molecule has 0 aliphatic heterocycles. The van der Waals surface area contributed by atoms with Gasteiger partial charge in [-0.05, 0) is 66.8 Å². The summed E-state index contributed by atoms with van der Waals surface area (Å²) in [7, 11) is 0. The largest absolute Gasteiger partial charge is 0.508 e. The third-order valence-electron chi connectivity index (χ3n) is 6.26. The highest BCUT2D eigenvalue weighted by Gasteiger charge is 2.09. The molecule has 0 heterocycles. The van der Waals surface area contributed by atoms with E-state index in [4.69, 9.17) is 9.47 Å². The van der Waals surface area contributed by atoms with Crippen LogP contribution in [0.15, 0.2) is 78.9 Å². The molecule has 0 aliphatic rings. The maximum absolute atomic E-state index is 10.3. The molecule has 4 N–H and O–H groups in total. The van der Waals surface area contributed by atoms with Gasteiger partial charge in [0.2, 0.25) is 0 Å². The van der Waals surface area contributed by atoms with Crippen molar-refractivity contribution in [2.45, 2.75) is 51.4 Å². The summed E-state index contributed by atoms with van der Waals surface area (Å²) in [6, 6.07) is 23.1. The SMILES string of the molecule is OCc1cc(C(O)CNCCCCCCOCCC=Cc2ccc(OCc3ccccc3)cc2)ccc1O. The molecule has 0 saturated heterocycles. The molecule has 3 aromatic rings. The molecular formula is C32H41NO5. The summed E-state index contributed by atoms with van der Waals surface area (Å²) >= 11 is 0. The normalized spacial score (nSPS) is 12.2. The molecule has 0 aliphatic carbocycles. The first kappa shape index (κ1) is 29.4. The minimum Gasteiger partial charge on any atom is -0.508 e. The lowest BCUT2D eigenvalue weighted by Crippen LogP contribution is -2.22. The zero-order valence-corrected chi connectivity index (χ0v) is 22.1. The smallest absolute Gasteiger partial charge is 0.121 e. The van der Waals surface area contributed by atoms with Crippen molar-refractivity contribution in [3.8, 4) is 11.5 Å². The van der Waals surface area contributed by atoms with E-state index in [2.05, 4.69) is 41.7 Å². The van der Waals surface area contributed by atoms with Crippen LogP contribution in [-0.2, 0) is 18.0 Å². The van der Waals surface area contributed by atoms with Crippen molar-refractivity contribution >= 4 is 6.08 Å². The summed E-state index contributed by atoms with van der Waals surface area (Å²) in [6.07, 6.45) is 8.81. The Balaban J connectivity index is 1.14. The first-order chi connectivity index (χ1) is 18.7. The van der Waals surface area contributed by atoms with Crippen LogP contribution in [-0.4, -0.2) is 41.6 Å². The maximum Gasteiger partial charge on any atom is 0.121 e. The molecule has 38 heavy (non-hydrogen) atoms. The van der Waals surface area contributed by atoms with Crippen molar-refractivity contribution in [3.63, 3.8) is 0 Å². The van der Waals surface area contributed by atoms with Crippen LogP contribution >= 0.6 is 0 Å². The number of aliphatic hydroxyl groups excluding tert-OH is 2. The molecular weight excluding hydrogens is 478 g/mol. The Hall–Kier alpha value is -3.16. The summed E-state index contributed by atoms with van der Waals surface area (Å²) in [5.41, 5.74) is 3.42. The second-order valence-corrected chi connectivity index (χ2v) is 9.33. The molecule has 0 aromatic heterocycles. The summed E-state index contributed by atoms with van der Waals surface area (Å²) in [6.45, 7) is 3.11. The van der Waals surface area contributed by atoms with Crippen LogP contribution in [0.5, 0.6) is 11.5 Å². The predicted octanol–water partition coefficient (Wildman–Crippen LogP) is 5.77. The van der Waals surface area contributed by atoms with Crippen LogP contribution in [0.1, 0.15) is 60.5 Å². The molecule has 6 nitrogen and oxygen atoms in total. The first-order valence-corrected chi connectivity index (χ1v) is 13.5. The molecule has 3 aromatic carbocycles. The van der Waals surface area contributed by atoms with Gasteiger partial charge in [0.25, 0.3) is 0 Å². The summed E-state index contributed by atoms with van der Waals surface area (Å²) < 4.78 is 11.6. The van der Waals surface area contributed by atoms with Crippen molar-refractivity contribution in [2.75, 3.05) is 26.3 Å². The number of hydrogen-bond acceptors (Lipinski definition) is 6.